The van der Waals surface area contributed by atoms with Gasteiger partial charge in [0.25, 0.3) is 0 Å². The highest BCUT2D eigenvalue weighted by Gasteiger charge is 2.09. The molecule has 0 spiro atoms. The van der Waals surface area contributed by atoms with Gasteiger partial charge < -0.3 is 14.6 Å². The minimum absolute atomic E-state index is 0.0245. The van der Waals surface area contributed by atoms with Gasteiger partial charge in [0.2, 0.25) is 0 Å². The Morgan fingerprint density at radius 3 is 1.30 bits per heavy atom. The fraction of sp³-hybridized carbons (Fsp3) is 0.941. The second-order valence-electron chi connectivity index (χ2n) is 11.2. The lowest BCUT2D eigenvalue weighted by molar-refractivity contribution is -0.148. The molecular formula is C34H68O3. The molecule has 0 atom stereocenters. The number of hydrogen-bond donors (Lipinski definition) is 1. The van der Waals surface area contributed by atoms with E-state index in [1.54, 1.807) is 0 Å². The summed E-state index contributed by atoms with van der Waals surface area (Å²) in [5.41, 5.74) is 0. The van der Waals surface area contributed by atoms with Crippen LogP contribution in [-0.4, -0.2) is 31.2 Å². The number of unbranched alkanes of at least 4 members (excludes halogenated alkanes) is 21. The highest BCUT2D eigenvalue weighted by Crippen LogP contribution is 2.16. The third-order valence-electron chi connectivity index (χ3n) is 7.38. The Morgan fingerprint density at radius 1 is 0.459 bits per heavy atom. The molecule has 0 unspecified atom stereocenters. The molecule has 37 heavy (non-hydrogen) atoms. The normalized spacial score (nSPS) is 11.9. The van der Waals surface area contributed by atoms with Crippen molar-refractivity contribution in [1.29, 1.82) is 0 Å². The summed E-state index contributed by atoms with van der Waals surface area (Å²) in [6.07, 6.45) is 38.1. The van der Waals surface area contributed by atoms with Gasteiger partial charge in [0.15, 0.2) is 6.29 Å². The lowest BCUT2D eigenvalue weighted by Gasteiger charge is -2.19. The molecule has 3 nitrogen and oxygen atoms in total. The van der Waals surface area contributed by atoms with Gasteiger partial charge in [-0.1, -0.05) is 148 Å². The van der Waals surface area contributed by atoms with Crippen molar-refractivity contribution in [3.8, 4) is 0 Å². The van der Waals surface area contributed by atoms with Gasteiger partial charge in [-0.05, 0) is 44.9 Å². The van der Waals surface area contributed by atoms with Crippen molar-refractivity contribution in [1.82, 2.24) is 0 Å². The van der Waals surface area contributed by atoms with Crippen LogP contribution in [0.2, 0.25) is 0 Å². The van der Waals surface area contributed by atoms with E-state index >= 15 is 0 Å². The van der Waals surface area contributed by atoms with E-state index < -0.39 is 0 Å². The van der Waals surface area contributed by atoms with Gasteiger partial charge in [-0.15, -0.1) is 0 Å². The van der Waals surface area contributed by atoms with Crippen molar-refractivity contribution >= 4 is 0 Å². The topological polar surface area (TPSA) is 38.7 Å². The fourth-order valence-corrected chi connectivity index (χ4v) is 4.88. The Morgan fingerprint density at radius 2 is 0.838 bits per heavy atom. The molecule has 0 bridgehead atoms. The minimum Gasteiger partial charge on any atom is -0.396 e. The first kappa shape index (κ1) is 36.6. The highest BCUT2D eigenvalue weighted by atomic mass is 16.7. The lowest BCUT2D eigenvalue weighted by Crippen LogP contribution is -2.19. The van der Waals surface area contributed by atoms with Crippen molar-refractivity contribution < 1.29 is 14.6 Å². The number of aliphatic hydroxyl groups excluding tert-OH is 1. The Balaban J connectivity index is 3.72. The van der Waals surface area contributed by atoms with Crippen LogP contribution in [0.1, 0.15) is 181 Å². The maximum Gasteiger partial charge on any atom is 0.157 e. The first-order chi connectivity index (χ1) is 18.3. The molecule has 222 valence electrons. The van der Waals surface area contributed by atoms with Crippen LogP contribution in [0, 0.1) is 0 Å². The summed E-state index contributed by atoms with van der Waals surface area (Å²) in [4.78, 5) is 0. The molecule has 0 saturated heterocycles. The van der Waals surface area contributed by atoms with Gasteiger partial charge in [0, 0.05) is 19.8 Å². The van der Waals surface area contributed by atoms with Gasteiger partial charge in [0.05, 0.1) is 0 Å². The predicted octanol–water partition coefficient (Wildman–Crippen LogP) is 11.1. The monoisotopic (exact) mass is 525 g/mol. The molecule has 0 heterocycles. The van der Waals surface area contributed by atoms with Crippen molar-refractivity contribution in [2.24, 2.45) is 0 Å². The number of allylic oxidation sites excluding steroid dienone is 1. The molecule has 0 aromatic rings. The van der Waals surface area contributed by atoms with E-state index in [0.717, 1.165) is 26.1 Å². The molecule has 0 aromatic heterocycles. The van der Waals surface area contributed by atoms with Gasteiger partial charge in [-0.2, -0.15) is 0 Å². The van der Waals surface area contributed by atoms with Crippen LogP contribution < -0.4 is 0 Å². The number of rotatable bonds is 32. The van der Waals surface area contributed by atoms with Crippen LogP contribution in [0.25, 0.3) is 0 Å². The zero-order valence-electron chi connectivity index (χ0n) is 25.5. The van der Waals surface area contributed by atoms with Crippen LogP contribution in [-0.2, 0) is 9.47 Å². The fourth-order valence-electron chi connectivity index (χ4n) is 4.88. The summed E-state index contributed by atoms with van der Waals surface area (Å²) >= 11 is 0. The Bertz CT molecular complexity index is 405. The Hall–Kier alpha value is -0.380. The Labute approximate surface area is 233 Å². The van der Waals surface area contributed by atoms with E-state index in [1.807, 2.05) is 0 Å². The number of hydrogen-bond acceptors (Lipinski definition) is 3. The second kappa shape index (κ2) is 33.6. The van der Waals surface area contributed by atoms with Gasteiger partial charge >= 0.3 is 0 Å². The molecule has 0 radical (unpaired) electrons. The van der Waals surface area contributed by atoms with Crippen LogP contribution in [0.3, 0.4) is 0 Å². The van der Waals surface area contributed by atoms with Gasteiger partial charge in [-0.3, -0.25) is 0 Å². The summed E-state index contributed by atoms with van der Waals surface area (Å²) in [6, 6.07) is 0. The third-order valence-corrected chi connectivity index (χ3v) is 7.38. The molecule has 0 fully saturated rings. The number of ether oxygens (including phenoxy) is 2. The van der Waals surface area contributed by atoms with Crippen LogP contribution in [0.5, 0.6) is 0 Å². The predicted molar refractivity (Wildman–Crippen MR) is 163 cm³/mol. The molecular weight excluding hydrogens is 456 g/mol. The summed E-state index contributed by atoms with van der Waals surface area (Å²) in [6.45, 7) is 6.57. The zero-order chi connectivity index (χ0) is 26.9. The molecule has 0 rings (SSSR count). The minimum atomic E-state index is 0.0245. The molecule has 0 saturated carbocycles. The maximum atomic E-state index is 8.76. The maximum absolute atomic E-state index is 8.76. The van der Waals surface area contributed by atoms with E-state index in [0.29, 0.717) is 0 Å². The van der Waals surface area contributed by atoms with Crippen LogP contribution in [0.4, 0.5) is 0 Å². The zero-order valence-corrected chi connectivity index (χ0v) is 25.5. The summed E-state index contributed by atoms with van der Waals surface area (Å²) < 4.78 is 12.4. The lowest BCUT2D eigenvalue weighted by atomic mass is 10.0. The first-order valence-corrected chi connectivity index (χ1v) is 16.8. The van der Waals surface area contributed by atoms with Crippen LogP contribution in [0.15, 0.2) is 12.2 Å². The highest BCUT2D eigenvalue weighted by molar-refractivity contribution is 4.80. The average Bonchev–Trinajstić information content (AvgIpc) is 2.91. The van der Waals surface area contributed by atoms with Crippen molar-refractivity contribution in [3.63, 3.8) is 0 Å². The van der Waals surface area contributed by atoms with E-state index in [2.05, 4.69) is 26.0 Å². The quantitative estimate of drug-likeness (QED) is 0.0540. The smallest absolute Gasteiger partial charge is 0.157 e. The van der Waals surface area contributed by atoms with Gasteiger partial charge in [-0.25, -0.2) is 0 Å². The summed E-state index contributed by atoms with van der Waals surface area (Å²) in [7, 11) is 0. The molecule has 0 aliphatic heterocycles. The molecule has 1 N–H and O–H groups in total. The average molecular weight is 525 g/mol. The van der Waals surface area contributed by atoms with Crippen molar-refractivity contribution in [3.05, 3.63) is 12.2 Å². The standard InChI is InChI=1S/C34H68O3/c1-3-5-7-9-24-28-32-36-34(37-33-29-25-10-8-6-4-2)30-26-22-20-18-16-14-12-11-13-15-17-19-21-23-27-31-35/h21,23,34-35H,3-20,22,24-33H2,1-2H3/b23-21-. The van der Waals surface area contributed by atoms with E-state index in [4.69, 9.17) is 14.6 Å². The molecule has 0 amide bonds. The summed E-state index contributed by atoms with van der Waals surface area (Å²) in [5, 5.41) is 8.76. The van der Waals surface area contributed by atoms with Crippen molar-refractivity contribution in [2.75, 3.05) is 19.8 Å². The first-order valence-electron chi connectivity index (χ1n) is 16.8. The Kier molecular flexibility index (Phi) is 33.3. The molecule has 0 aromatic carbocycles. The van der Waals surface area contributed by atoms with Gasteiger partial charge in [0.1, 0.15) is 0 Å². The van der Waals surface area contributed by atoms with Crippen molar-refractivity contribution in [2.45, 2.75) is 187 Å². The second-order valence-corrected chi connectivity index (χ2v) is 11.2. The molecule has 3 heteroatoms. The number of aliphatic hydroxyl groups is 1. The van der Waals surface area contributed by atoms with E-state index in [1.165, 1.54) is 154 Å². The van der Waals surface area contributed by atoms with Crippen LogP contribution >= 0.6 is 0 Å². The summed E-state index contributed by atoms with van der Waals surface area (Å²) in [5.74, 6) is 0. The molecule has 0 aliphatic rings. The van der Waals surface area contributed by atoms with E-state index in [9.17, 15) is 0 Å². The third kappa shape index (κ3) is 31.7. The molecule has 0 aliphatic carbocycles. The SMILES string of the molecule is CCCCCCCCOC(CCCCCCCCCCCCC/C=C\CCO)OCCCCCCCC. The largest absolute Gasteiger partial charge is 0.396 e. The van der Waals surface area contributed by atoms with E-state index in [-0.39, 0.29) is 12.9 Å².